The standard InChI is InChI=1S/C29H29N3O2/c1-34-29(33)11-7-21-6-9-26-23(18-21)8-10-28(26)32(20-22-12-15-30-16-13-22)17-14-24-19-31-27-5-3-2-4-25(24)27/h2-7,9,11-13,15-16,18-19,28,31H,8,10,14,17,20H2,1H3. The quantitative estimate of drug-likeness (QED) is 0.285. The van der Waals surface area contributed by atoms with Gasteiger partial charge in [-0.15, -0.1) is 0 Å². The average Bonchev–Trinajstić information content (AvgIpc) is 3.49. The Hall–Kier alpha value is -3.70. The first-order valence-corrected chi connectivity index (χ1v) is 11.8. The van der Waals surface area contributed by atoms with E-state index in [9.17, 15) is 4.79 Å². The minimum atomic E-state index is -0.334. The van der Waals surface area contributed by atoms with E-state index in [-0.39, 0.29) is 5.97 Å². The number of aromatic nitrogens is 2. The molecule has 0 saturated carbocycles. The van der Waals surface area contributed by atoms with Crippen LogP contribution in [0.3, 0.4) is 0 Å². The molecule has 5 heteroatoms. The minimum absolute atomic E-state index is 0.334. The van der Waals surface area contributed by atoms with Crippen LogP contribution in [0.1, 0.15) is 40.3 Å². The molecule has 1 unspecified atom stereocenters. The molecule has 0 saturated heterocycles. The number of fused-ring (bicyclic) bond motifs is 2. The molecule has 172 valence electrons. The summed E-state index contributed by atoms with van der Waals surface area (Å²) in [5, 5.41) is 1.31. The molecule has 0 bridgehead atoms. The summed E-state index contributed by atoms with van der Waals surface area (Å²) in [5.74, 6) is -0.334. The second-order valence-corrected chi connectivity index (χ2v) is 8.80. The number of carbonyl (C=O) groups is 1. The zero-order valence-electron chi connectivity index (χ0n) is 19.4. The number of rotatable bonds is 8. The topological polar surface area (TPSA) is 58.2 Å². The smallest absolute Gasteiger partial charge is 0.330 e. The van der Waals surface area contributed by atoms with Gasteiger partial charge in [-0.3, -0.25) is 9.88 Å². The van der Waals surface area contributed by atoms with Gasteiger partial charge in [0, 0.05) is 54.7 Å². The van der Waals surface area contributed by atoms with E-state index < -0.39 is 0 Å². The van der Waals surface area contributed by atoms with Crippen LogP contribution in [-0.4, -0.2) is 34.5 Å². The summed E-state index contributed by atoms with van der Waals surface area (Å²) in [6.45, 7) is 1.86. The first-order chi connectivity index (χ1) is 16.7. The highest BCUT2D eigenvalue weighted by atomic mass is 16.5. The van der Waals surface area contributed by atoms with E-state index in [0.29, 0.717) is 6.04 Å². The van der Waals surface area contributed by atoms with Crippen molar-refractivity contribution >= 4 is 22.9 Å². The number of aryl methyl sites for hydroxylation is 1. The Labute approximate surface area is 200 Å². The average molecular weight is 452 g/mol. The third-order valence-corrected chi connectivity index (χ3v) is 6.75. The fraction of sp³-hybridized carbons (Fsp3) is 0.241. The van der Waals surface area contributed by atoms with Crippen molar-refractivity contribution in [2.45, 2.75) is 31.8 Å². The Morgan fingerprint density at radius 1 is 1.18 bits per heavy atom. The van der Waals surface area contributed by atoms with Gasteiger partial charge in [0.1, 0.15) is 0 Å². The molecule has 2 aromatic heterocycles. The lowest BCUT2D eigenvalue weighted by Crippen LogP contribution is -2.29. The summed E-state index contributed by atoms with van der Waals surface area (Å²) in [6, 6.07) is 19.6. The highest BCUT2D eigenvalue weighted by Crippen LogP contribution is 2.37. The highest BCUT2D eigenvalue weighted by molar-refractivity contribution is 5.87. The number of aromatic amines is 1. The molecule has 0 radical (unpaired) electrons. The molecule has 0 amide bonds. The predicted octanol–water partition coefficient (Wildman–Crippen LogP) is 5.48. The molecule has 5 rings (SSSR count). The Balaban J connectivity index is 1.38. The highest BCUT2D eigenvalue weighted by Gasteiger charge is 2.28. The van der Waals surface area contributed by atoms with Crippen LogP contribution in [0.25, 0.3) is 17.0 Å². The van der Waals surface area contributed by atoms with Gasteiger partial charge in [-0.25, -0.2) is 4.79 Å². The SMILES string of the molecule is COC(=O)C=Cc1ccc2c(c1)CCC2N(CCc1c[nH]c2ccccc12)Cc1ccncc1. The van der Waals surface area contributed by atoms with Crippen LogP contribution < -0.4 is 0 Å². The van der Waals surface area contributed by atoms with Crippen LogP contribution in [0.4, 0.5) is 0 Å². The third kappa shape index (κ3) is 4.80. The lowest BCUT2D eigenvalue weighted by atomic mass is 10.0. The van der Waals surface area contributed by atoms with E-state index >= 15 is 0 Å². The maximum atomic E-state index is 11.5. The zero-order chi connectivity index (χ0) is 23.3. The second-order valence-electron chi connectivity index (χ2n) is 8.80. The van der Waals surface area contributed by atoms with Crippen LogP contribution in [0, 0.1) is 0 Å². The normalized spacial score (nSPS) is 15.3. The predicted molar refractivity (Wildman–Crippen MR) is 135 cm³/mol. The van der Waals surface area contributed by atoms with E-state index in [1.54, 1.807) is 0 Å². The number of ether oxygens (including phenoxy) is 1. The summed E-state index contributed by atoms with van der Waals surface area (Å²) in [4.78, 5) is 21.7. The number of nitrogens with zero attached hydrogens (tertiary/aromatic N) is 2. The van der Waals surface area contributed by atoms with Gasteiger partial charge in [-0.05, 0) is 71.4 Å². The lowest BCUT2D eigenvalue weighted by molar-refractivity contribution is -0.134. The summed E-state index contributed by atoms with van der Waals surface area (Å²) in [5.41, 5.74) is 7.62. The maximum absolute atomic E-state index is 11.5. The van der Waals surface area contributed by atoms with Gasteiger partial charge < -0.3 is 9.72 Å². The molecule has 1 atom stereocenters. The van der Waals surface area contributed by atoms with E-state index in [0.717, 1.165) is 37.9 Å². The van der Waals surface area contributed by atoms with Crippen molar-refractivity contribution in [3.8, 4) is 0 Å². The van der Waals surface area contributed by atoms with Crippen molar-refractivity contribution in [2.24, 2.45) is 0 Å². The van der Waals surface area contributed by atoms with E-state index in [1.165, 1.54) is 46.3 Å². The van der Waals surface area contributed by atoms with Crippen molar-refractivity contribution in [1.82, 2.24) is 14.9 Å². The fourth-order valence-electron chi connectivity index (χ4n) is 5.00. The first kappa shape index (κ1) is 22.1. The number of hydrogen-bond acceptors (Lipinski definition) is 4. The van der Waals surface area contributed by atoms with Crippen LogP contribution >= 0.6 is 0 Å². The maximum Gasteiger partial charge on any atom is 0.330 e. The Morgan fingerprint density at radius 2 is 2.03 bits per heavy atom. The van der Waals surface area contributed by atoms with Gasteiger partial charge in [0.25, 0.3) is 0 Å². The number of methoxy groups -OCH3 is 1. The molecule has 1 aliphatic carbocycles. The molecule has 4 aromatic rings. The molecule has 1 N–H and O–H groups in total. The van der Waals surface area contributed by atoms with Crippen molar-refractivity contribution in [3.63, 3.8) is 0 Å². The fourth-order valence-corrected chi connectivity index (χ4v) is 5.00. The van der Waals surface area contributed by atoms with Gasteiger partial charge in [0.05, 0.1) is 7.11 Å². The minimum Gasteiger partial charge on any atom is -0.466 e. The molecule has 1 aliphatic rings. The zero-order valence-corrected chi connectivity index (χ0v) is 19.4. The summed E-state index contributed by atoms with van der Waals surface area (Å²) in [6.07, 6.45) is 12.3. The molecule has 2 aromatic carbocycles. The van der Waals surface area contributed by atoms with E-state index in [1.807, 2.05) is 18.5 Å². The molecule has 2 heterocycles. The first-order valence-electron chi connectivity index (χ1n) is 11.8. The van der Waals surface area contributed by atoms with Gasteiger partial charge in [-0.2, -0.15) is 0 Å². The largest absolute Gasteiger partial charge is 0.466 e. The number of pyridine rings is 1. The molecule has 0 aliphatic heterocycles. The van der Waals surface area contributed by atoms with E-state index in [4.69, 9.17) is 4.74 Å². The van der Waals surface area contributed by atoms with Gasteiger partial charge in [0.15, 0.2) is 0 Å². The van der Waals surface area contributed by atoms with Gasteiger partial charge >= 0.3 is 5.97 Å². The van der Waals surface area contributed by atoms with Crippen LogP contribution in [0.2, 0.25) is 0 Å². The molecule has 0 spiro atoms. The van der Waals surface area contributed by atoms with Gasteiger partial charge in [-0.1, -0.05) is 36.4 Å². The monoisotopic (exact) mass is 451 g/mol. The van der Waals surface area contributed by atoms with Gasteiger partial charge in [0.2, 0.25) is 0 Å². The van der Waals surface area contributed by atoms with Crippen molar-refractivity contribution in [2.75, 3.05) is 13.7 Å². The van der Waals surface area contributed by atoms with Crippen LogP contribution in [-0.2, 0) is 28.9 Å². The van der Waals surface area contributed by atoms with Crippen molar-refractivity contribution in [3.05, 3.63) is 107 Å². The Bertz CT molecular complexity index is 1310. The number of carbonyl (C=O) groups excluding carboxylic acids is 1. The number of benzene rings is 2. The van der Waals surface area contributed by atoms with Crippen molar-refractivity contribution < 1.29 is 9.53 Å². The summed E-state index contributed by atoms with van der Waals surface area (Å²) < 4.78 is 4.71. The number of nitrogens with one attached hydrogen (secondary N) is 1. The summed E-state index contributed by atoms with van der Waals surface area (Å²) >= 11 is 0. The molecule has 34 heavy (non-hydrogen) atoms. The van der Waals surface area contributed by atoms with Crippen molar-refractivity contribution in [1.29, 1.82) is 0 Å². The van der Waals surface area contributed by atoms with Crippen LogP contribution in [0.15, 0.2) is 79.3 Å². The van der Waals surface area contributed by atoms with E-state index in [2.05, 4.69) is 75.7 Å². The molecule has 0 fully saturated rings. The molecule has 5 nitrogen and oxygen atoms in total. The number of para-hydroxylation sites is 1. The molecular formula is C29H29N3O2. The number of esters is 1. The lowest BCUT2D eigenvalue weighted by Gasteiger charge is -2.30. The number of H-pyrrole nitrogens is 1. The summed E-state index contributed by atoms with van der Waals surface area (Å²) in [7, 11) is 1.40. The third-order valence-electron chi connectivity index (χ3n) is 6.75. The number of hydrogen-bond donors (Lipinski definition) is 1. The Kier molecular flexibility index (Phi) is 6.54. The second kappa shape index (κ2) is 10.1. The van der Waals surface area contributed by atoms with Crippen LogP contribution in [0.5, 0.6) is 0 Å². The Morgan fingerprint density at radius 3 is 2.88 bits per heavy atom. The molecular weight excluding hydrogens is 422 g/mol.